The van der Waals surface area contributed by atoms with Crippen molar-refractivity contribution < 1.29 is 43.1 Å². The lowest BCUT2D eigenvalue weighted by atomic mass is 9.96. The van der Waals surface area contributed by atoms with Crippen molar-refractivity contribution in [3.8, 4) is 11.5 Å². The van der Waals surface area contributed by atoms with Crippen LogP contribution < -0.4 is 14.8 Å². The molecule has 308 valence electrons. The first-order chi connectivity index (χ1) is 28.4. The summed E-state index contributed by atoms with van der Waals surface area (Å²) in [5.41, 5.74) is 2.95. The highest BCUT2D eigenvalue weighted by Gasteiger charge is 2.44. The molecular weight excluding hydrogens is 759 g/mol. The number of likely N-dealkylation sites (tertiary alicyclic amines) is 1. The molecule has 3 fully saturated rings. The van der Waals surface area contributed by atoms with E-state index in [0.717, 1.165) is 52.3 Å². The second kappa shape index (κ2) is 20.8. The van der Waals surface area contributed by atoms with Gasteiger partial charge in [0.2, 0.25) is 0 Å². The van der Waals surface area contributed by atoms with Crippen LogP contribution in [0.3, 0.4) is 0 Å². The molecule has 5 atom stereocenters. The van der Waals surface area contributed by atoms with Crippen molar-refractivity contribution in [1.29, 1.82) is 0 Å². The van der Waals surface area contributed by atoms with Crippen LogP contribution in [-0.2, 0) is 38.6 Å². The number of piperidine rings is 1. The van der Waals surface area contributed by atoms with Crippen molar-refractivity contribution in [1.82, 2.24) is 14.5 Å². The molecule has 2 N–H and O–H groups in total. The van der Waals surface area contributed by atoms with Crippen molar-refractivity contribution in [2.45, 2.75) is 68.3 Å². The summed E-state index contributed by atoms with van der Waals surface area (Å²) in [6.07, 6.45) is 0.0494. The van der Waals surface area contributed by atoms with Gasteiger partial charge >= 0.3 is 12.2 Å². The Morgan fingerprint density at radius 3 is 2.21 bits per heavy atom. The van der Waals surface area contributed by atoms with E-state index in [0.29, 0.717) is 39.3 Å². The topological polar surface area (TPSA) is 128 Å². The minimum absolute atomic E-state index is 0.00826. The van der Waals surface area contributed by atoms with Crippen molar-refractivity contribution in [3.05, 3.63) is 126 Å². The fourth-order valence-corrected chi connectivity index (χ4v) is 8.61. The summed E-state index contributed by atoms with van der Waals surface area (Å²) in [5, 5.41) is 15.1. The number of aliphatic hydroxyl groups excluding tert-OH is 1. The maximum atomic E-state index is 13.5. The molecule has 0 saturated carbocycles. The molecule has 0 radical (unpaired) electrons. The van der Waals surface area contributed by atoms with Gasteiger partial charge < -0.3 is 43.7 Å². The van der Waals surface area contributed by atoms with Crippen molar-refractivity contribution >= 4 is 24.1 Å². The standard InChI is InChI=1S/C45H53N3O9S/c1-52-36-16-18-38(19-17-36)58-48(27-33-20-23-47(24-21-33)45(51)56-30-35-10-6-3-7-11-35)28-41(49)40(46-44(50)57-42-31-55-43-39(42)22-25-53-43)26-32-12-14-37(15-13-32)54-29-34-8-4-2-5-9-34/h2-19,33,39-43,49H,20-31H2,1H3,(H,46,50)/t39-,40-,41+,42?,43+/m0/s1. The van der Waals surface area contributed by atoms with Gasteiger partial charge in [0.05, 0.1) is 38.4 Å². The van der Waals surface area contributed by atoms with Crippen LogP contribution in [0, 0.1) is 11.8 Å². The lowest BCUT2D eigenvalue weighted by Crippen LogP contribution is -2.50. The number of aliphatic hydroxyl groups is 1. The molecule has 4 aromatic carbocycles. The first kappa shape index (κ1) is 41.4. The number of benzene rings is 4. The van der Waals surface area contributed by atoms with Crippen molar-refractivity contribution in [2.24, 2.45) is 11.8 Å². The number of rotatable bonds is 17. The number of methoxy groups -OCH3 is 1. The number of nitrogens with zero attached hydrogens (tertiary/aromatic N) is 2. The van der Waals surface area contributed by atoms with Gasteiger partial charge in [0.15, 0.2) is 6.29 Å². The van der Waals surface area contributed by atoms with Gasteiger partial charge in [-0.05, 0) is 96.6 Å². The third-order valence-electron chi connectivity index (χ3n) is 10.9. The minimum atomic E-state index is -0.970. The Balaban J connectivity index is 1.01. The molecule has 3 aliphatic rings. The van der Waals surface area contributed by atoms with Gasteiger partial charge in [-0.1, -0.05) is 72.8 Å². The van der Waals surface area contributed by atoms with Crippen molar-refractivity contribution in [2.75, 3.05) is 46.5 Å². The summed E-state index contributed by atoms with van der Waals surface area (Å²) in [6.45, 7) is 3.62. The van der Waals surface area contributed by atoms with Crippen LogP contribution in [0.25, 0.3) is 0 Å². The zero-order valence-electron chi connectivity index (χ0n) is 32.9. The Labute approximate surface area is 344 Å². The zero-order chi connectivity index (χ0) is 40.1. The van der Waals surface area contributed by atoms with E-state index in [1.807, 2.05) is 109 Å². The Morgan fingerprint density at radius 2 is 1.52 bits per heavy atom. The molecule has 0 aliphatic carbocycles. The normalized spacial score (nSPS) is 20.3. The van der Waals surface area contributed by atoms with Gasteiger partial charge in [0, 0.05) is 31.1 Å². The summed E-state index contributed by atoms with van der Waals surface area (Å²) in [7, 11) is 1.64. The SMILES string of the molecule is COc1ccc(SN(CC2CCN(C(=O)OCc3ccccc3)CC2)C[C@@H](O)[C@H](Cc2ccc(OCc3ccccc3)cc2)NC(=O)OC2CO[C@H]3OCC[C@@H]23)cc1. The van der Waals surface area contributed by atoms with Crippen LogP contribution in [0.15, 0.2) is 114 Å². The number of alkyl carbamates (subject to hydrolysis) is 1. The van der Waals surface area contributed by atoms with E-state index in [-0.39, 0.29) is 44.0 Å². The Kier molecular flexibility index (Phi) is 14.8. The molecule has 0 spiro atoms. The van der Waals surface area contributed by atoms with E-state index in [4.69, 9.17) is 28.4 Å². The maximum Gasteiger partial charge on any atom is 0.410 e. The molecule has 2 amide bonds. The summed E-state index contributed by atoms with van der Waals surface area (Å²) >= 11 is 1.55. The van der Waals surface area contributed by atoms with Crippen LogP contribution >= 0.6 is 11.9 Å². The fraction of sp³-hybridized carbons (Fsp3) is 0.422. The van der Waals surface area contributed by atoms with Crippen LogP contribution in [0.2, 0.25) is 0 Å². The average Bonchev–Trinajstić information content (AvgIpc) is 3.89. The van der Waals surface area contributed by atoms with E-state index in [2.05, 4.69) is 9.62 Å². The number of fused-ring (bicyclic) bond motifs is 1. The average molecular weight is 812 g/mol. The third kappa shape index (κ3) is 11.9. The van der Waals surface area contributed by atoms with Crippen LogP contribution in [-0.4, -0.2) is 97.5 Å². The highest BCUT2D eigenvalue weighted by Crippen LogP contribution is 2.33. The van der Waals surface area contributed by atoms with E-state index in [9.17, 15) is 14.7 Å². The lowest BCUT2D eigenvalue weighted by Gasteiger charge is -2.35. The number of carbonyl (C=O) groups is 2. The largest absolute Gasteiger partial charge is 0.497 e. The number of nitrogens with one attached hydrogen (secondary N) is 1. The van der Waals surface area contributed by atoms with Crippen LogP contribution in [0.5, 0.6) is 11.5 Å². The van der Waals surface area contributed by atoms with E-state index in [1.165, 1.54) is 0 Å². The number of hydrogen-bond acceptors (Lipinski definition) is 11. The summed E-state index contributed by atoms with van der Waals surface area (Å²) in [5.74, 6) is 1.74. The van der Waals surface area contributed by atoms with Gasteiger partial charge in [-0.2, -0.15) is 0 Å². The Morgan fingerprint density at radius 1 is 0.845 bits per heavy atom. The second-order valence-corrected chi connectivity index (χ2v) is 16.2. The quantitative estimate of drug-likeness (QED) is 0.106. The van der Waals surface area contributed by atoms with Crippen LogP contribution in [0.4, 0.5) is 9.59 Å². The molecule has 0 bridgehead atoms. The van der Waals surface area contributed by atoms with Crippen LogP contribution in [0.1, 0.15) is 36.0 Å². The summed E-state index contributed by atoms with van der Waals surface area (Å²) in [6, 6.07) is 34.5. The van der Waals surface area contributed by atoms with Gasteiger partial charge in [-0.25, -0.2) is 13.9 Å². The van der Waals surface area contributed by atoms with E-state index in [1.54, 1.807) is 24.0 Å². The molecule has 13 heteroatoms. The predicted molar refractivity (Wildman–Crippen MR) is 219 cm³/mol. The molecular formula is C45H53N3O9S. The minimum Gasteiger partial charge on any atom is -0.497 e. The van der Waals surface area contributed by atoms with E-state index < -0.39 is 24.3 Å². The molecule has 0 aromatic heterocycles. The fourth-order valence-electron chi connectivity index (χ4n) is 7.54. The first-order valence-electron chi connectivity index (χ1n) is 20.0. The van der Waals surface area contributed by atoms with Gasteiger partial charge in [0.1, 0.15) is 30.8 Å². The Bertz CT molecular complexity index is 1860. The molecule has 3 heterocycles. The monoisotopic (exact) mass is 811 g/mol. The van der Waals surface area contributed by atoms with Gasteiger partial charge in [0.25, 0.3) is 0 Å². The molecule has 4 aromatic rings. The molecule has 7 rings (SSSR count). The van der Waals surface area contributed by atoms with Crippen molar-refractivity contribution in [3.63, 3.8) is 0 Å². The van der Waals surface area contributed by atoms with E-state index >= 15 is 0 Å². The number of ether oxygens (including phenoxy) is 6. The number of carbonyl (C=O) groups excluding carboxylic acids is 2. The first-order valence-corrected chi connectivity index (χ1v) is 20.8. The highest BCUT2D eigenvalue weighted by molar-refractivity contribution is 7.97. The highest BCUT2D eigenvalue weighted by atomic mass is 32.2. The molecule has 12 nitrogen and oxygen atoms in total. The predicted octanol–water partition coefficient (Wildman–Crippen LogP) is 7.09. The van der Waals surface area contributed by atoms with Gasteiger partial charge in [-0.15, -0.1) is 0 Å². The molecule has 3 saturated heterocycles. The molecule has 1 unspecified atom stereocenters. The lowest BCUT2D eigenvalue weighted by molar-refractivity contribution is -0.0907. The zero-order valence-corrected chi connectivity index (χ0v) is 33.7. The molecule has 58 heavy (non-hydrogen) atoms. The number of amides is 2. The Hall–Kier alpha value is -4.79. The second-order valence-electron chi connectivity index (χ2n) is 15.0. The number of hydrogen-bond donors (Lipinski definition) is 2. The summed E-state index contributed by atoms with van der Waals surface area (Å²) < 4.78 is 36.4. The smallest absolute Gasteiger partial charge is 0.410 e. The maximum absolute atomic E-state index is 13.5. The van der Waals surface area contributed by atoms with Gasteiger partial charge in [-0.3, -0.25) is 0 Å². The molecule has 3 aliphatic heterocycles. The third-order valence-corrected chi connectivity index (χ3v) is 11.9. The summed E-state index contributed by atoms with van der Waals surface area (Å²) in [4.78, 5) is 29.2.